The van der Waals surface area contributed by atoms with Crippen molar-refractivity contribution in [2.45, 2.75) is 52.0 Å². The van der Waals surface area contributed by atoms with Crippen LogP contribution in [0.1, 0.15) is 42.4 Å². The fourth-order valence-corrected chi connectivity index (χ4v) is 4.10. The molecular formula is C20H29N3O3. The SMILES string of the molecule is Cc1cc(C)c(OCCNC(=O)N2CCC3(CCC(=O)N3)CC2)c(C)c1. The lowest BCUT2D eigenvalue weighted by Gasteiger charge is -2.39. The summed E-state index contributed by atoms with van der Waals surface area (Å²) in [5, 5.41) is 6.03. The van der Waals surface area contributed by atoms with Crippen molar-refractivity contribution in [2.75, 3.05) is 26.2 Å². The number of likely N-dealkylation sites (tertiary alicyclic amines) is 1. The highest BCUT2D eigenvalue weighted by molar-refractivity contribution is 5.79. The van der Waals surface area contributed by atoms with Crippen LogP contribution in [-0.2, 0) is 4.79 Å². The summed E-state index contributed by atoms with van der Waals surface area (Å²) in [6.07, 6.45) is 3.18. The Labute approximate surface area is 155 Å². The molecule has 0 radical (unpaired) electrons. The largest absolute Gasteiger partial charge is 0.491 e. The molecular weight excluding hydrogens is 330 g/mol. The van der Waals surface area contributed by atoms with E-state index in [2.05, 4.69) is 29.7 Å². The van der Waals surface area contributed by atoms with E-state index in [1.54, 1.807) is 0 Å². The van der Waals surface area contributed by atoms with Gasteiger partial charge in [0.25, 0.3) is 0 Å². The van der Waals surface area contributed by atoms with Gasteiger partial charge in [-0.1, -0.05) is 17.7 Å². The van der Waals surface area contributed by atoms with E-state index in [-0.39, 0.29) is 17.5 Å². The minimum Gasteiger partial charge on any atom is -0.491 e. The van der Waals surface area contributed by atoms with Gasteiger partial charge in [-0.05, 0) is 51.2 Å². The molecule has 2 fully saturated rings. The van der Waals surface area contributed by atoms with E-state index in [1.807, 2.05) is 18.7 Å². The molecule has 2 heterocycles. The van der Waals surface area contributed by atoms with Crippen molar-refractivity contribution >= 4 is 11.9 Å². The fraction of sp³-hybridized carbons (Fsp3) is 0.600. The smallest absolute Gasteiger partial charge is 0.317 e. The number of nitrogens with zero attached hydrogens (tertiary/aromatic N) is 1. The average Bonchev–Trinajstić information content (AvgIpc) is 2.94. The van der Waals surface area contributed by atoms with Gasteiger partial charge in [-0.3, -0.25) is 4.79 Å². The summed E-state index contributed by atoms with van der Waals surface area (Å²) in [6.45, 7) is 8.45. The Hall–Kier alpha value is -2.24. The molecule has 0 atom stereocenters. The number of hydrogen-bond donors (Lipinski definition) is 2. The van der Waals surface area contributed by atoms with Gasteiger partial charge in [0.2, 0.25) is 5.91 Å². The summed E-state index contributed by atoms with van der Waals surface area (Å²) >= 11 is 0. The zero-order valence-electron chi connectivity index (χ0n) is 16.0. The van der Waals surface area contributed by atoms with E-state index in [4.69, 9.17) is 4.74 Å². The molecule has 1 spiro atoms. The monoisotopic (exact) mass is 359 g/mol. The Morgan fingerprint density at radius 2 is 1.85 bits per heavy atom. The van der Waals surface area contributed by atoms with Gasteiger partial charge in [0.05, 0.1) is 6.54 Å². The summed E-state index contributed by atoms with van der Waals surface area (Å²) in [4.78, 5) is 25.6. The van der Waals surface area contributed by atoms with Crippen molar-refractivity contribution in [3.63, 3.8) is 0 Å². The predicted octanol–water partition coefficient (Wildman–Crippen LogP) is 2.44. The molecule has 142 valence electrons. The summed E-state index contributed by atoms with van der Waals surface area (Å²) < 4.78 is 5.87. The van der Waals surface area contributed by atoms with Gasteiger partial charge in [0.15, 0.2) is 0 Å². The van der Waals surface area contributed by atoms with E-state index < -0.39 is 0 Å². The zero-order valence-corrected chi connectivity index (χ0v) is 16.0. The molecule has 0 aliphatic carbocycles. The maximum Gasteiger partial charge on any atom is 0.317 e. The molecule has 1 aromatic carbocycles. The van der Waals surface area contributed by atoms with Crippen LogP contribution in [0.4, 0.5) is 4.79 Å². The number of urea groups is 1. The van der Waals surface area contributed by atoms with Crippen molar-refractivity contribution in [3.8, 4) is 5.75 Å². The number of hydrogen-bond acceptors (Lipinski definition) is 3. The molecule has 2 N–H and O–H groups in total. The topological polar surface area (TPSA) is 70.7 Å². The van der Waals surface area contributed by atoms with Crippen LogP contribution in [-0.4, -0.2) is 48.6 Å². The first kappa shape index (κ1) is 18.5. The Kier molecular flexibility index (Phi) is 5.39. The fourth-order valence-electron chi connectivity index (χ4n) is 4.10. The molecule has 2 aliphatic rings. The molecule has 0 unspecified atom stereocenters. The molecule has 2 saturated heterocycles. The Morgan fingerprint density at radius 3 is 2.42 bits per heavy atom. The van der Waals surface area contributed by atoms with E-state index in [0.717, 1.165) is 36.1 Å². The lowest BCUT2D eigenvalue weighted by atomic mass is 9.86. The van der Waals surface area contributed by atoms with E-state index >= 15 is 0 Å². The third-order valence-corrected chi connectivity index (χ3v) is 5.47. The zero-order chi connectivity index (χ0) is 18.7. The van der Waals surface area contributed by atoms with Gasteiger partial charge in [0.1, 0.15) is 12.4 Å². The second-order valence-corrected chi connectivity index (χ2v) is 7.62. The highest BCUT2D eigenvalue weighted by Crippen LogP contribution is 2.31. The maximum atomic E-state index is 12.3. The Bertz CT molecular complexity index is 671. The van der Waals surface area contributed by atoms with E-state index in [0.29, 0.717) is 32.7 Å². The summed E-state index contributed by atoms with van der Waals surface area (Å²) in [6, 6.07) is 4.16. The number of piperidine rings is 1. The van der Waals surface area contributed by atoms with Crippen LogP contribution in [0.2, 0.25) is 0 Å². The molecule has 1 aromatic rings. The maximum absolute atomic E-state index is 12.3. The third kappa shape index (κ3) is 4.11. The normalized spacial score (nSPS) is 18.7. The van der Waals surface area contributed by atoms with Crippen LogP contribution in [0.15, 0.2) is 12.1 Å². The number of ether oxygens (including phenoxy) is 1. The van der Waals surface area contributed by atoms with Gasteiger partial charge in [-0.15, -0.1) is 0 Å². The molecule has 3 amide bonds. The standard InChI is InChI=1S/C20H29N3O3/c1-14-12-15(2)18(16(3)13-14)26-11-8-21-19(25)23-9-6-20(7-10-23)5-4-17(24)22-20/h12-13H,4-11H2,1-3H3,(H,21,25)(H,22,24). The lowest BCUT2D eigenvalue weighted by molar-refractivity contribution is -0.120. The van der Waals surface area contributed by atoms with E-state index in [1.165, 1.54) is 5.56 Å². The minimum absolute atomic E-state index is 0.0508. The first-order valence-corrected chi connectivity index (χ1v) is 9.43. The number of rotatable bonds is 4. The third-order valence-electron chi connectivity index (χ3n) is 5.47. The number of amides is 3. The van der Waals surface area contributed by atoms with Gasteiger partial charge in [0, 0.05) is 25.0 Å². The summed E-state index contributed by atoms with van der Waals surface area (Å²) in [7, 11) is 0. The van der Waals surface area contributed by atoms with E-state index in [9.17, 15) is 9.59 Å². The van der Waals surface area contributed by atoms with Gasteiger partial charge in [-0.2, -0.15) is 0 Å². The van der Waals surface area contributed by atoms with Crippen molar-refractivity contribution in [3.05, 3.63) is 28.8 Å². The minimum atomic E-state index is -0.0720. The molecule has 6 nitrogen and oxygen atoms in total. The first-order valence-electron chi connectivity index (χ1n) is 9.43. The van der Waals surface area contributed by atoms with Gasteiger partial charge in [-0.25, -0.2) is 4.79 Å². The molecule has 2 aliphatic heterocycles. The van der Waals surface area contributed by atoms with Crippen molar-refractivity contribution in [1.29, 1.82) is 0 Å². The van der Waals surface area contributed by atoms with Crippen molar-refractivity contribution < 1.29 is 14.3 Å². The summed E-state index contributed by atoms with van der Waals surface area (Å²) in [5.41, 5.74) is 3.39. The molecule has 3 rings (SSSR count). The molecule has 0 aromatic heterocycles. The molecule has 6 heteroatoms. The number of carbonyl (C=O) groups is 2. The van der Waals surface area contributed by atoms with Crippen LogP contribution in [0.3, 0.4) is 0 Å². The molecule has 26 heavy (non-hydrogen) atoms. The number of aryl methyl sites for hydroxylation is 3. The number of carbonyl (C=O) groups excluding carboxylic acids is 2. The molecule has 0 saturated carbocycles. The molecule has 0 bridgehead atoms. The van der Waals surface area contributed by atoms with Crippen LogP contribution < -0.4 is 15.4 Å². The second kappa shape index (κ2) is 7.56. The van der Waals surface area contributed by atoms with Crippen molar-refractivity contribution in [1.82, 2.24) is 15.5 Å². The average molecular weight is 359 g/mol. The van der Waals surface area contributed by atoms with Gasteiger partial charge < -0.3 is 20.3 Å². The number of benzene rings is 1. The van der Waals surface area contributed by atoms with Crippen LogP contribution >= 0.6 is 0 Å². The van der Waals surface area contributed by atoms with Gasteiger partial charge >= 0.3 is 6.03 Å². The summed E-state index contributed by atoms with van der Waals surface area (Å²) in [5.74, 6) is 1.04. The van der Waals surface area contributed by atoms with Crippen molar-refractivity contribution in [2.24, 2.45) is 0 Å². The van der Waals surface area contributed by atoms with Crippen LogP contribution in [0.5, 0.6) is 5.75 Å². The quantitative estimate of drug-likeness (QED) is 0.811. The lowest BCUT2D eigenvalue weighted by Crippen LogP contribution is -2.54. The van der Waals surface area contributed by atoms with Crippen LogP contribution in [0, 0.1) is 20.8 Å². The first-order chi connectivity index (χ1) is 12.4. The Morgan fingerprint density at radius 1 is 1.19 bits per heavy atom. The highest BCUT2D eigenvalue weighted by atomic mass is 16.5. The predicted molar refractivity (Wildman–Crippen MR) is 100 cm³/mol. The highest BCUT2D eigenvalue weighted by Gasteiger charge is 2.40. The Balaban J connectivity index is 1.41. The second-order valence-electron chi connectivity index (χ2n) is 7.62. The van der Waals surface area contributed by atoms with Crippen LogP contribution in [0.25, 0.3) is 0 Å². The number of nitrogens with one attached hydrogen (secondary N) is 2.